The summed E-state index contributed by atoms with van der Waals surface area (Å²) in [5.41, 5.74) is 0. The van der Waals surface area contributed by atoms with Crippen LogP contribution in [0.5, 0.6) is 0 Å². The van der Waals surface area contributed by atoms with Gasteiger partial charge in [-0.05, 0) is 27.7 Å². The highest BCUT2D eigenvalue weighted by Crippen LogP contribution is 2.13. The molecule has 0 spiro atoms. The zero-order valence-electron chi connectivity index (χ0n) is 9.91. The summed E-state index contributed by atoms with van der Waals surface area (Å²) >= 11 is 0. The van der Waals surface area contributed by atoms with Crippen molar-refractivity contribution in [2.75, 3.05) is 13.2 Å². The van der Waals surface area contributed by atoms with E-state index in [1.54, 1.807) is 0 Å². The lowest BCUT2D eigenvalue weighted by molar-refractivity contribution is -0.156. The molecule has 0 aliphatic heterocycles. The van der Waals surface area contributed by atoms with Gasteiger partial charge in [0.1, 0.15) is 11.6 Å². The third kappa shape index (κ3) is 5.64. The molecule has 0 heterocycles. The molecule has 0 rings (SSSR count). The second kappa shape index (κ2) is 7.54. The molecule has 0 radical (unpaired) electrons. The summed E-state index contributed by atoms with van der Waals surface area (Å²) in [5.74, 6) is -0.869. The fourth-order valence-electron chi connectivity index (χ4n) is 1.37. The fourth-order valence-corrected chi connectivity index (χ4v) is 1.37. The van der Waals surface area contributed by atoms with Crippen LogP contribution in [0.25, 0.3) is 0 Å². The number of ether oxygens (including phenoxy) is 2. The van der Waals surface area contributed by atoms with E-state index in [1.807, 2.05) is 13.8 Å². The van der Waals surface area contributed by atoms with Crippen molar-refractivity contribution in [3.05, 3.63) is 0 Å². The largest absolute Gasteiger partial charge is 0.353 e. The minimum absolute atomic E-state index is 0.132. The Kier molecular flexibility index (Phi) is 7.17. The number of rotatable bonds is 8. The van der Waals surface area contributed by atoms with Gasteiger partial charge in [-0.2, -0.15) is 0 Å². The predicted octanol–water partition coefficient (Wildman–Crippen LogP) is 1.57. The SMILES string of the molecule is CCOC(CC(C(C)=O)C(C)=O)OCC. The van der Waals surface area contributed by atoms with E-state index in [9.17, 15) is 9.59 Å². The molecular weight excluding hydrogens is 196 g/mol. The second-order valence-electron chi connectivity index (χ2n) is 3.35. The normalized spacial score (nSPS) is 11.1. The van der Waals surface area contributed by atoms with Crippen LogP contribution in [0.3, 0.4) is 0 Å². The number of Topliss-reactive ketones (excluding diaryl/α,β-unsaturated/α-hetero) is 2. The first kappa shape index (κ1) is 14.3. The summed E-state index contributed by atoms with van der Waals surface area (Å²) in [4.78, 5) is 22.4. The van der Waals surface area contributed by atoms with Crippen LogP contribution in [0.1, 0.15) is 34.1 Å². The van der Waals surface area contributed by atoms with Gasteiger partial charge in [0.05, 0.1) is 5.92 Å². The maximum absolute atomic E-state index is 11.2. The molecular formula is C11H20O4. The van der Waals surface area contributed by atoms with E-state index in [0.29, 0.717) is 19.6 Å². The van der Waals surface area contributed by atoms with Gasteiger partial charge in [-0.1, -0.05) is 0 Å². The lowest BCUT2D eigenvalue weighted by Crippen LogP contribution is -2.28. The molecule has 4 heteroatoms. The van der Waals surface area contributed by atoms with E-state index in [2.05, 4.69) is 0 Å². The minimum atomic E-state index is -0.604. The number of ketones is 2. The lowest BCUT2D eigenvalue weighted by Gasteiger charge is -2.20. The topological polar surface area (TPSA) is 52.6 Å². The number of carbonyl (C=O) groups is 2. The van der Waals surface area contributed by atoms with Crippen molar-refractivity contribution in [3.63, 3.8) is 0 Å². The summed E-state index contributed by atoms with van der Waals surface area (Å²) in [5, 5.41) is 0. The van der Waals surface area contributed by atoms with E-state index < -0.39 is 12.2 Å². The van der Waals surface area contributed by atoms with E-state index in [1.165, 1.54) is 13.8 Å². The van der Waals surface area contributed by atoms with Crippen molar-refractivity contribution in [1.29, 1.82) is 0 Å². The van der Waals surface area contributed by atoms with Gasteiger partial charge in [0, 0.05) is 19.6 Å². The Morgan fingerprint density at radius 3 is 1.67 bits per heavy atom. The van der Waals surface area contributed by atoms with Crippen molar-refractivity contribution in [3.8, 4) is 0 Å². The molecule has 0 aromatic carbocycles. The summed E-state index contributed by atoms with van der Waals surface area (Å²) in [6.45, 7) is 7.55. The molecule has 15 heavy (non-hydrogen) atoms. The minimum Gasteiger partial charge on any atom is -0.353 e. The van der Waals surface area contributed by atoms with Crippen LogP contribution < -0.4 is 0 Å². The van der Waals surface area contributed by atoms with Gasteiger partial charge in [0.25, 0.3) is 0 Å². The molecule has 0 amide bonds. The first-order valence-electron chi connectivity index (χ1n) is 5.27. The van der Waals surface area contributed by atoms with Gasteiger partial charge in [-0.3, -0.25) is 9.59 Å². The second-order valence-corrected chi connectivity index (χ2v) is 3.35. The van der Waals surface area contributed by atoms with Crippen LogP contribution in [0.15, 0.2) is 0 Å². The Morgan fingerprint density at radius 2 is 1.40 bits per heavy atom. The van der Waals surface area contributed by atoms with Crippen molar-refractivity contribution in [1.82, 2.24) is 0 Å². The molecule has 88 valence electrons. The maximum Gasteiger partial charge on any atom is 0.158 e. The van der Waals surface area contributed by atoms with Crippen LogP contribution >= 0.6 is 0 Å². The summed E-state index contributed by atoms with van der Waals surface area (Å²) in [7, 11) is 0. The van der Waals surface area contributed by atoms with Gasteiger partial charge in [0.15, 0.2) is 6.29 Å². The molecule has 0 atom stereocenters. The molecule has 0 aliphatic rings. The van der Waals surface area contributed by atoms with Gasteiger partial charge >= 0.3 is 0 Å². The maximum atomic E-state index is 11.2. The Labute approximate surface area is 90.9 Å². The van der Waals surface area contributed by atoms with E-state index >= 15 is 0 Å². The van der Waals surface area contributed by atoms with Crippen molar-refractivity contribution in [2.45, 2.75) is 40.4 Å². The monoisotopic (exact) mass is 216 g/mol. The Balaban J connectivity index is 4.32. The number of carbonyl (C=O) groups excluding carboxylic acids is 2. The number of hydrogen-bond donors (Lipinski definition) is 0. The molecule has 0 bridgehead atoms. The van der Waals surface area contributed by atoms with E-state index in [-0.39, 0.29) is 11.6 Å². The highest BCUT2D eigenvalue weighted by atomic mass is 16.7. The van der Waals surface area contributed by atoms with Crippen molar-refractivity contribution < 1.29 is 19.1 Å². The molecule has 0 N–H and O–H groups in total. The Bertz CT molecular complexity index is 193. The molecule has 0 aromatic rings. The average Bonchev–Trinajstić information content (AvgIpc) is 2.13. The third-order valence-electron chi connectivity index (χ3n) is 2.11. The zero-order chi connectivity index (χ0) is 11.8. The molecule has 0 fully saturated rings. The standard InChI is InChI=1S/C11H20O4/c1-5-14-11(15-6-2)7-10(8(3)12)9(4)13/h10-11H,5-7H2,1-4H3. The highest BCUT2D eigenvalue weighted by Gasteiger charge is 2.24. The lowest BCUT2D eigenvalue weighted by atomic mass is 9.97. The van der Waals surface area contributed by atoms with Crippen LogP contribution in [0.2, 0.25) is 0 Å². The Morgan fingerprint density at radius 1 is 1.00 bits per heavy atom. The van der Waals surface area contributed by atoms with Crippen molar-refractivity contribution >= 4 is 11.6 Å². The van der Waals surface area contributed by atoms with Crippen LogP contribution in [0, 0.1) is 5.92 Å². The first-order valence-corrected chi connectivity index (χ1v) is 5.27. The Hall–Kier alpha value is -0.740. The van der Waals surface area contributed by atoms with Gasteiger partial charge in [0.2, 0.25) is 0 Å². The van der Waals surface area contributed by atoms with Gasteiger partial charge in [-0.25, -0.2) is 0 Å². The summed E-state index contributed by atoms with van der Waals surface area (Å²) in [6.07, 6.45) is -0.149. The van der Waals surface area contributed by atoms with Crippen LogP contribution in [-0.2, 0) is 19.1 Å². The van der Waals surface area contributed by atoms with Crippen LogP contribution in [0.4, 0.5) is 0 Å². The summed E-state index contributed by atoms with van der Waals surface area (Å²) in [6, 6.07) is 0. The smallest absolute Gasteiger partial charge is 0.158 e. The van der Waals surface area contributed by atoms with Crippen molar-refractivity contribution in [2.24, 2.45) is 5.92 Å². The molecule has 0 saturated heterocycles. The first-order chi connectivity index (χ1) is 7.02. The van der Waals surface area contributed by atoms with E-state index in [0.717, 1.165) is 0 Å². The zero-order valence-corrected chi connectivity index (χ0v) is 9.91. The highest BCUT2D eigenvalue weighted by molar-refractivity contribution is 6.00. The molecule has 0 aliphatic carbocycles. The fraction of sp³-hybridized carbons (Fsp3) is 0.818. The third-order valence-corrected chi connectivity index (χ3v) is 2.11. The van der Waals surface area contributed by atoms with E-state index in [4.69, 9.17) is 9.47 Å². The van der Waals surface area contributed by atoms with Crippen LogP contribution in [-0.4, -0.2) is 31.1 Å². The predicted molar refractivity (Wildman–Crippen MR) is 56.5 cm³/mol. The molecule has 0 unspecified atom stereocenters. The average molecular weight is 216 g/mol. The van der Waals surface area contributed by atoms with Gasteiger partial charge in [-0.15, -0.1) is 0 Å². The van der Waals surface area contributed by atoms with Gasteiger partial charge < -0.3 is 9.47 Å². The summed E-state index contributed by atoms with van der Waals surface area (Å²) < 4.78 is 10.6. The molecule has 4 nitrogen and oxygen atoms in total. The molecule has 0 saturated carbocycles. The number of hydrogen-bond acceptors (Lipinski definition) is 4. The quantitative estimate of drug-likeness (QED) is 0.456. The molecule has 0 aromatic heterocycles.